The highest BCUT2D eigenvalue weighted by molar-refractivity contribution is 5.16. The summed E-state index contributed by atoms with van der Waals surface area (Å²) in [6.07, 6.45) is 0.591. The minimum Gasteiger partial charge on any atom is -0.390 e. The van der Waals surface area contributed by atoms with E-state index in [1.807, 2.05) is 0 Å². The van der Waals surface area contributed by atoms with E-state index in [2.05, 4.69) is 4.98 Å². The van der Waals surface area contributed by atoms with Gasteiger partial charge in [0.1, 0.15) is 18.0 Å². The van der Waals surface area contributed by atoms with Crippen LogP contribution in [-0.2, 0) is 6.54 Å². The number of rotatable bonds is 3. The van der Waals surface area contributed by atoms with Gasteiger partial charge in [-0.1, -0.05) is 4.98 Å². The van der Waals surface area contributed by atoms with Gasteiger partial charge in [-0.15, -0.1) is 0 Å². The van der Waals surface area contributed by atoms with Crippen LogP contribution in [-0.4, -0.2) is 19.6 Å². The first-order valence-corrected chi connectivity index (χ1v) is 3.95. The van der Waals surface area contributed by atoms with Crippen LogP contribution >= 0.6 is 0 Å². The molecular formula is C7H11N3O3. The molecule has 0 spiro atoms. The second-order valence-electron chi connectivity index (χ2n) is 2.66. The minimum atomic E-state index is -0.735. The van der Waals surface area contributed by atoms with Crippen molar-refractivity contribution in [2.45, 2.75) is 26.5 Å². The summed E-state index contributed by atoms with van der Waals surface area (Å²) in [5.74, 6) is -0.224. The molecule has 0 amide bonds. The summed E-state index contributed by atoms with van der Waals surface area (Å²) in [5.41, 5.74) is 0.467. The maximum absolute atomic E-state index is 10.5. The van der Waals surface area contributed by atoms with Crippen LogP contribution in [0.1, 0.15) is 25.6 Å². The number of hydrogen-bond acceptors (Lipinski definition) is 4. The van der Waals surface area contributed by atoms with Crippen LogP contribution in [0, 0.1) is 10.1 Å². The van der Waals surface area contributed by atoms with Gasteiger partial charge in [0.05, 0.1) is 6.54 Å². The fourth-order valence-corrected chi connectivity index (χ4v) is 1.18. The first-order chi connectivity index (χ1) is 6.07. The Labute approximate surface area is 75.0 Å². The van der Waals surface area contributed by atoms with Crippen LogP contribution in [0.3, 0.4) is 0 Å². The van der Waals surface area contributed by atoms with Crippen molar-refractivity contribution in [1.82, 2.24) is 9.55 Å². The lowest BCUT2D eigenvalue weighted by molar-refractivity contribution is -0.396. The molecule has 13 heavy (non-hydrogen) atoms. The lowest BCUT2D eigenvalue weighted by Crippen LogP contribution is -2.07. The van der Waals surface area contributed by atoms with Crippen molar-refractivity contribution < 1.29 is 10.0 Å². The number of nitrogens with zero attached hydrogens (tertiary/aromatic N) is 3. The molecule has 1 heterocycles. The van der Waals surface area contributed by atoms with Crippen molar-refractivity contribution in [2.24, 2.45) is 0 Å². The van der Waals surface area contributed by atoms with Gasteiger partial charge in [0.2, 0.25) is 0 Å². The molecular weight excluding hydrogens is 174 g/mol. The molecule has 6 heteroatoms. The fourth-order valence-electron chi connectivity index (χ4n) is 1.18. The topological polar surface area (TPSA) is 81.2 Å². The first-order valence-electron chi connectivity index (χ1n) is 3.95. The molecule has 72 valence electrons. The molecule has 1 aromatic rings. The molecule has 0 aliphatic carbocycles. The molecule has 1 aromatic heterocycles. The van der Waals surface area contributed by atoms with E-state index in [0.29, 0.717) is 12.2 Å². The SMILES string of the molecule is CCn1c(C(C)O)cnc1[N+](=O)[O-]. The van der Waals surface area contributed by atoms with Crippen molar-refractivity contribution >= 4 is 5.95 Å². The first kappa shape index (κ1) is 9.66. The summed E-state index contributed by atoms with van der Waals surface area (Å²) >= 11 is 0. The van der Waals surface area contributed by atoms with Gasteiger partial charge in [-0.25, -0.2) is 4.57 Å². The summed E-state index contributed by atoms with van der Waals surface area (Å²) < 4.78 is 1.38. The molecule has 0 aliphatic rings. The summed E-state index contributed by atoms with van der Waals surface area (Å²) in [7, 11) is 0. The Kier molecular flexibility index (Phi) is 2.62. The Balaban J connectivity index is 3.18. The minimum absolute atomic E-state index is 0.224. The number of hydrogen-bond donors (Lipinski definition) is 1. The summed E-state index contributed by atoms with van der Waals surface area (Å²) in [6.45, 7) is 3.74. The van der Waals surface area contributed by atoms with Crippen molar-refractivity contribution in [3.63, 3.8) is 0 Å². The van der Waals surface area contributed by atoms with Crippen molar-refractivity contribution in [1.29, 1.82) is 0 Å². The van der Waals surface area contributed by atoms with Gasteiger partial charge in [-0.05, 0) is 18.8 Å². The molecule has 6 nitrogen and oxygen atoms in total. The van der Waals surface area contributed by atoms with Gasteiger partial charge in [0.25, 0.3) is 0 Å². The normalized spacial score (nSPS) is 12.8. The van der Waals surface area contributed by atoms with Crippen LogP contribution in [0.4, 0.5) is 5.95 Å². The highest BCUT2D eigenvalue weighted by Gasteiger charge is 2.21. The molecule has 0 saturated carbocycles. The van der Waals surface area contributed by atoms with E-state index in [9.17, 15) is 15.2 Å². The smallest absolute Gasteiger partial charge is 0.390 e. The molecule has 1 rings (SSSR count). The quantitative estimate of drug-likeness (QED) is 0.559. The number of aliphatic hydroxyl groups excluding tert-OH is 1. The number of aliphatic hydroxyl groups is 1. The van der Waals surface area contributed by atoms with E-state index in [1.54, 1.807) is 13.8 Å². The zero-order valence-electron chi connectivity index (χ0n) is 7.47. The molecule has 0 aliphatic heterocycles. The van der Waals surface area contributed by atoms with E-state index in [0.717, 1.165) is 0 Å². The third-order valence-electron chi connectivity index (χ3n) is 1.77. The second-order valence-corrected chi connectivity index (χ2v) is 2.66. The molecule has 1 unspecified atom stereocenters. The predicted molar refractivity (Wildman–Crippen MR) is 45.2 cm³/mol. The summed E-state index contributed by atoms with van der Waals surface area (Å²) in [4.78, 5) is 13.5. The highest BCUT2D eigenvalue weighted by Crippen LogP contribution is 2.18. The summed E-state index contributed by atoms with van der Waals surface area (Å²) in [6, 6.07) is 0. The Bertz CT molecular complexity index is 319. The average molecular weight is 185 g/mol. The lowest BCUT2D eigenvalue weighted by atomic mass is 10.3. The number of imidazole rings is 1. The standard InChI is InChI=1S/C7H11N3O3/c1-3-9-6(5(2)11)4-8-7(9)10(12)13/h4-5,11H,3H2,1-2H3. The van der Waals surface area contributed by atoms with E-state index in [1.165, 1.54) is 10.8 Å². The van der Waals surface area contributed by atoms with Crippen LogP contribution in [0.5, 0.6) is 0 Å². The predicted octanol–water partition coefficient (Wildman–Crippen LogP) is 0.864. The van der Waals surface area contributed by atoms with Crippen molar-refractivity contribution in [3.8, 4) is 0 Å². The largest absolute Gasteiger partial charge is 0.434 e. The van der Waals surface area contributed by atoms with Gasteiger partial charge >= 0.3 is 5.95 Å². The molecule has 0 aromatic carbocycles. The van der Waals surface area contributed by atoms with Crippen molar-refractivity contribution in [2.75, 3.05) is 0 Å². The molecule has 0 fully saturated rings. The third kappa shape index (κ3) is 1.67. The van der Waals surface area contributed by atoms with Crippen molar-refractivity contribution in [3.05, 3.63) is 22.0 Å². The highest BCUT2D eigenvalue weighted by atomic mass is 16.6. The molecule has 0 radical (unpaired) electrons. The Morgan fingerprint density at radius 3 is 2.85 bits per heavy atom. The molecule has 1 N–H and O–H groups in total. The van der Waals surface area contributed by atoms with Gasteiger partial charge in [-0.3, -0.25) is 0 Å². The van der Waals surface area contributed by atoms with Gasteiger partial charge in [0.15, 0.2) is 0 Å². The Morgan fingerprint density at radius 2 is 2.46 bits per heavy atom. The Hall–Kier alpha value is -1.43. The second kappa shape index (κ2) is 3.53. The van der Waals surface area contributed by atoms with E-state index < -0.39 is 11.0 Å². The molecule has 0 bridgehead atoms. The van der Waals surface area contributed by atoms with Gasteiger partial charge in [0, 0.05) is 0 Å². The maximum Gasteiger partial charge on any atom is 0.434 e. The van der Waals surface area contributed by atoms with E-state index in [4.69, 9.17) is 0 Å². The Morgan fingerprint density at radius 1 is 1.85 bits per heavy atom. The lowest BCUT2D eigenvalue weighted by Gasteiger charge is -2.03. The average Bonchev–Trinajstić information content (AvgIpc) is 2.46. The maximum atomic E-state index is 10.5. The third-order valence-corrected chi connectivity index (χ3v) is 1.77. The van der Waals surface area contributed by atoms with Gasteiger partial charge < -0.3 is 15.2 Å². The number of aromatic nitrogens is 2. The van der Waals surface area contributed by atoms with Crippen LogP contribution in [0.15, 0.2) is 6.20 Å². The summed E-state index contributed by atoms with van der Waals surface area (Å²) in [5, 5.41) is 19.7. The van der Waals surface area contributed by atoms with Crippen LogP contribution < -0.4 is 0 Å². The molecule has 0 saturated heterocycles. The van der Waals surface area contributed by atoms with E-state index in [-0.39, 0.29) is 5.95 Å². The van der Waals surface area contributed by atoms with E-state index >= 15 is 0 Å². The fraction of sp³-hybridized carbons (Fsp3) is 0.571. The zero-order valence-corrected chi connectivity index (χ0v) is 7.47. The van der Waals surface area contributed by atoms with Crippen LogP contribution in [0.25, 0.3) is 0 Å². The molecule has 1 atom stereocenters. The van der Waals surface area contributed by atoms with Crippen LogP contribution in [0.2, 0.25) is 0 Å². The zero-order chi connectivity index (χ0) is 10.0. The number of nitro groups is 1. The van der Waals surface area contributed by atoms with Gasteiger partial charge in [-0.2, -0.15) is 0 Å². The monoisotopic (exact) mass is 185 g/mol.